The second-order valence-electron chi connectivity index (χ2n) is 3.64. The number of nitrogens with zero attached hydrogens (tertiary/aromatic N) is 1. The molecular formula is C10H14N2O4S. The Morgan fingerprint density at radius 2 is 2.12 bits per heavy atom. The van der Waals surface area contributed by atoms with Gasteiger partial charge in [-0.25, -0.2) is 13.4 Å². The number of nitrogens with one attached hydrogen (secondary N) is 1. The molecule has 7 heteroatoms. The Morgan fingerprint density at radius 1 is 1.47 bits per heavy atom. The minimum absolute atomic E-state index is 0.125. The van der Waals surface area contributed by atoms with Crippen LogP contribution >= 0.6 is 0 Å². The average molecular weight is 258 g/mol. The highest BCUT2D eigenvalue weighted by atomic mass is 32.2. The van der Waals surface area contributed by atoms with Gasteiger partial charge in [-0.3, -0.25) is 9.52 Å². The minimum atomic E-state index is -3.49. The summed E-state index contributed by atoms with van der Waals surface area (Å²) in [6.45, 7) is 3.09. The van der Waals surface area contributed by atoms with E-state index in [0.717, 1.165) is 0 Å². The van der Waals surface area contributed by atoms with Crippen LogP contribution in [0.1, 0.15) is 24.2 Å². The number of sulfonamides is 1. The summed E-state index contributed by atoms with van der Waals surface area (Å²) in [6, 6.07) is 1.37. The number of pyridine rings is 1. The Morgan fingerprint density at radius 3 is 2.59 bits per heavy atom. The molecule has 0 saturated heterocycles. The predicted molar refractivity (Wildman–Crippen MR) is 63.9 cm³/mol. The Labute approximate surface area is 100 Å². The van der Waals surface area contributed by atoms with Crippen LogP contribution in [0.2, 0.25) is 0 Å². The molecular weight excluding hydrogens is 244 g/mol. The van der Waals surface area contributed by atoms with Gasteiger partial charge in [-0.15, -0.1) is 0 Å². The normalized spacial score (nSPS) is 11.3. The van der Waals surface area contributed by atoms with Crippen LogP contribution in [0.15, 0.2) is 12.3 Å². The highest BCUT2D eigenvalue weighted by Crippen LogP contribution is 2.23. The molecule has 0 aliphatic heterocycles. The first-order valence-electron chi connectivity index (χ1n) is 4.91. The van der Waals surface area contributed by atoms with Gasteiger partial charge in [-0.2, -0.15) is 0 Å². The monoisotopic (exact) mass is 258 g/mol. The lowest BCUT2D eigenvalue weighted by Crippen LogP contribution is -2.23. The van der Waals surface area contributed by atoms with Gasteiger partial charge in [-0.05, 0) is 19.9 Å². The molecule has 94 valence electrons. The van der Waals surface area contributed by atoms with Gasteiger partial charge in [0.15, 0.2) is 6.29 Å². The van der Waals surface area contributed by atoms with Crippen molar-refractivity contribution < 1.29 is 17.9 Å². The van der Waals surface area contributed by atoms with E-state index in [1.165, 1.54) is 19.4 Å². The van der Waals surface area contributed by atoms with Crippen molar-refractivity contribution >= 4 is 22.0 Å². The number of carbonyl (C=O) groups is 1. The number of hydrogen-bond acceptors (Lipinski definition) is 5. The molecule has 6 nitrogen and oxygen atoms in total. The van der Waals surface area contributed by atoms with Crippen molar-refractivity contribution in [1.82, 2.24) is 4.98 Å². The van der Waals surface area contributed by atoms with E-state index in [-0.39, 0.29) is 17.1 Å². The lowest BCUT2D eigenvalue weighted by molar-refractivity contribution is 0.112. The fourth-order valence-electron chi connectivity index (χ4n) is 1.04. The van der Waals surface area contributed by atoms with Crippen LogP contribution < -0.4 is 9.46 Å². The molecule has 0 aliphatic rings. The molecule has 0 bridgehead atoms. The lowest BCUT2D eigenvalue weighted by Gasteiger charge is -2.13. The SMILES string of the molecule is COc1ncc(C=O)cc1NS(=O)(=O)C(C)C. The van der Waals surface area contributed by atoms with Crippen molar-refractivity contribution in [1.29, 1.82) is 0 Å². The van der Waals surface area contributed by atoms with Gasteiger partial charge in [0.2, 0.25) is 15.9 Å². The molecule has 0 spiro atoms. The number of aldehydes is 1. The van der Waals surface area contributed by atoms with E-state index in [9.17, 15) is 13.2 Å². The van der Waals surface area contributed by atoms with Gasteiger partial charge < -0.3 is 4.74 Å². The summed E-state index contributed by atoms with van der Waals surface area (Å²) in [6.07, 6.45) is 1.89. The Balaban J connectivity index is 3.16. The van der Waals surface area contributed by atoms with E-state index in [1.54, 1.807) is 13.8 Å². The van der Waals surface area contributed by atoms with E-state index >= 15 is 0 Å². The number of hydrogen-bond donors (Lipinski definition) is 1. The van der Waals surface area contributed by atoms with Crippen molar-refractivity contribution in [3.05, 3.63) is 17.8 Å². The topological polar surface area (TPSA) is 85.4 Å². The first-order chi connectivity index (χ1) is 7.90. The largest absolute Gasteiger partial charge is 0.480 e. The standard InChI is InChI=1S/C10H14N2O4S/c1-7(2)17(14,15)12-9-4-8(6-13)5-11-10(9)16-3/h4-7,12H,1-3H3. The molecule has 0 radical (unpaired) electrons. The summed E-state index contributed by atoms with van der Waals surface area (Å²) in [5.41, 5.74) is 0.429. The van der Waals surface area contributed by atoms with E-state index in [4.69, 9.17) is 4.74 Å². The van der Waals surface area contributed by atoms with Crippen molar-refractivity contribution in [2.45, 2.75) is 19.1 Å². The molecule has 17 heavy (non-hydrogen) atoms. The molecule has 1 rings (SSSR count). The van der Waals surface area contributed by atoms with Crippen molar-refractivity contribution in [3.63, 3.8) is 0 Å². The Bertz CT molecular complexity index is 511. The van der Waals surface area contributed by atoms with Gasteiger partial charge in [0.05, 0.1) is 12.4 Å². The van der Waals surface area contributed by atoms with Crippen molar-refractivity contribution in [2.75, 3.05) is 11.8 Å². The Hall–Kier alpha value is -1.63. The van der Waals surface area contributed by atoms with Gasteiger partial charge in [0, 0.05) is 11.8 Å². The smallest absolute Gasteiger partial charge is 0.238 e. The predicted octanol–water partition coefficient (Wildman–Crippen LogP) is 1.05. The fraction of sp³-hybridized carbons (Fsp3) is 0.400. The van der Waals surface area contributed by atoms with E-state index < -0.39 is 15.3 Å². The summed E-state index contributed by atoms with van der Waals surface area (Å²) in [5.74, 6) is 0.125. The summed E-state index contributed by atoms with van der Waals surface area (Å²) < 4.78 is 30.6. The zero-order valence-corrected chi connectivity index (χ0v) is 10.6. The highest BCUT2D eigenvalue weighted by Gasteiger charge is 2.18. The van der Waals surface area contributed by atoms with Gasteiger partial charge in [0.25, 0.3) is 0 Å². The molecule has 1 heterocycles. The molecule has 0 aliphatic carbocycles. The van der Waals surface area contributed by atoms with Crippen LogP contribution in [0.5, 0.6) is 5.88 Å². The second-order valence-corrected chi connectivity index (χ2v) is 5.88. The molecule has 0 unspecified atom stereocenters. The lowest BCUT2D eigenvalue weighted by atomic mass is 10.3. The minimum Gasteiger partial charge on any atom is -0.480 e. The molecule has 0 atom stereocenters. The maximum atomic E-state index is 11.7. The third-order valence-corrected chi connectivity index (χ3v) is 3.82. The molecule has 1 N–H and O–H groups in total. The van der Waals surface area contributed by atoms with Crippen LogP contribution in [0, 0.1) is 0 Å². The average Bonchev–Trinajstić information content (AvgIpc) is 2.28. The van der Waals surface area contributed by atoms with E-state index in [0.29, 0.717) is 6.29 Å². The quantitative estimate of drug-likeness (QED) is 0.798. The van der Waals surface area contributed by atoms with Gasteiger partial charge in [0.1, 0.15) is 5.69 Å². The van der Waals surface area contributed by atoms with Crippen LogP contribution in [0.4, 0.5) is 5.69 Å². The third-order valence-electron chi connectivity index (χ3n) is 2.07. The highest BCUT2D eigenvalue weighted by molar-refractivity contribution is 7.93. The summed E-state index contributed by atoms with van der Waals surface area (Å²) in [7, 11) is -2.12. The van der Waals surface area contributed by atoms with Crippen LogP contribution in [-0.4, -0.2) is 32.0 Å². The molecule has 1 aromatic rings. The maximum Gasteiger partial charge on any atom is 0.238 e. The van der Waals surface area contributed by atoms with Crippen molar-refractivity contribution in [2.24, 2.45) is 0 Å². The molecule has 0 saturated carbocycles. The third kappa shape index (κ3) is 3.16. The summed E-state index contributed by atoms with van der Waals surface area (Å²) in [5, 5.41) is -0.591. The fourth-order valence-corrected chi connectivity index (χ4v) is 1.73. The maximum absolute atomic E-state index is 11.7. The molecule has 0 aromatic carbocycles. The van der Waals surface area contributed by atoms with E-state index in [1.807, 2.05) is 0 Å². The molecule has 1 aromatic heterocycles. The van der Waals surface area contributed by atoms with E-state index in [2.05, 4.69) is 9.71 Å². The van der Waals surface area contributed by atoms with Crippen LogP contribution in [-0.2, 0) is 10.0 Å². The van der Waals surface area contributed by atoms with Gasteiger partial charge >= 0.3 is 0 Å². The van der Waals surface area contributed by atoms with Gasteiger partial charge in [-0.1, -0.05) is 0 Å². The number of aromatic nitrogens is 1. The first kappa shape index (κ1) is 13.4. The zero-order chi connectivity index (χ0) is 13.1. The second kappa shape index (κ2) is 5.13. The van der Waals surface area contributed by atoms with Crippen molar-refractivity contribution in [3.8, 4) is 5.88 Å². The zero-order valence-electron chi connectivity index (χ0n) is 9.80. The molecule has 0 fully saturated rings. The number of ether oxygens (including phenoxy) is 1. The first-order valence-corrected chi connectivity index (χ1v) is 6.46. The summed E-state index contributed by atoms with van der Waals surface area (Å²) >= 11 is 0. The number of carbonyl (C=O) groups excluding carboxylic acids is 1. The number of rotatable bonds is 5. The number of anilines is 1. The Kier molecular flexibility index (Phi) is 4.06. The van der Waals surface area contributed by atoms with Crippen LogP contribution in [0.25, 0.3) is 0 Å². The number of methoxy groups -OCH3 is 1. The molecule has 0 amide bonds. The van der Waals surface area contributed by atoms with Crippen LogP contribution in [0.3, 0.4) is 0 Å². The summed E-state index contributed by atoms with van der Waals surface area (Å²) in [4.78, 5) is 14.4.